The van der Waals surface area contributed by atoms with E-state index in [0.29, 0.717) is 11.5 Å². The Labute approximate surface area is 116 Å². The van der Waals surface area contributed by atoms with Crippen LogP contribution in [0.2, 0.25) is 0 Å². The van der Waals surface area contributed by atoms with Crippen molar-refractivity contribution in [1.29, 1.82) is 0 Å². The lowest BCUT2D eigenvalue weighted by molar-refractivity contribution is 0.346. The molecule has 0 aromatic carbocycles. The number of imidazole rings is 1. The van der Waals surface area contributed by atoms with E-state index in [1.54, 1.807) is 0 Å². The van der Waals surface area contributed by atoms with Gasteiger partial charge in [0.05, 0.1) is 0 Å². The van der Waals surface area contributed by atoms with Crippen molar-refractivity contribution in [3.63, 3.8) is 0 Å². The van der Waals surface area contributed by atoms with Crippen molar-refractivity contribution >= 4 is 5.95 Å². The van der Waals surface area contributed by atoms with E-state index in [9.17, 15) is 0 Å². The van der Waals surface area contributed by atoms with Crippen LogP contribution in [-0.2, 0) is 0 Å². The first-order valence-corrected chi connectivity index (χ1v) is 8.04. The van der Waals surface area contributed by atoms with Crippen molar-refractivity contribution in [2.45, 2.75) is 70.8 Å². The standard InChI is InChI=1S/C16H27N3/c1-16(9-5-6-10-16)13-18-15-17-11-12-19(15)14-7-3-2-4-8-14/h11-12,14H,2-10,13H2,1H3,(H,17,18). The van der Waals surface area contributed by atoms with Crippen molar-refractivity contribution in [2.75, 3.05) is 11.9 Å². The molecule has 1 aromatic rings. The minimum Gasteiger partial charge on any atom is -0.355 e. The average molecular weight is 261 g/mol. The third-order valence-corrected chi connectivity index (χ3v) is 5.12. The largest absolute Gasteiger partial charge is 0.355 e. The highest BCUT2D eigenvalue weighted by atomic mass is 15.2. The van der Waals surface area contributed by atoms with E-state index in [1.165, 1.54) is 57.8 Å². The number of nitrogens with one attached hydrogen (secondary N) is 1. The minimum atomic E-state index is 0.489. The highest BCUT2D eigenvalue weighted by Gasteiger charge is 2.29. The summed E-state index contributed by atoms with van der Waals surface area (Å²) in [5, 5.41) is 3.62. The molecule has 0 atom stereocenters. The van der Waals surface area contributed by atoms with Gasteiger partial charge >= 0.3 is 0 Å². The van der Waals surface area contributed by atoms with E-state index in [-0.39, 0.29) is 0 Å². The monoisotopic (exact) mass is 261 g/mol. The molecular formula is C16H27N3. The van der Waals surface area contributed by atoms with Gasteiger partial charge in [0, 0.05) is 25.0 Å². The van der Waals surface area contributed by atoms with E-state index >= 15 is 0 Å². The maximum atomic E-state index is 4.54. The Hall–Kier alpha value is -0.990. The maximum Gasteiger partial charge on any atom is 0.203 e. The van der Waals surface area contributed by atoms with Crippen LogP contribution in [0, 0.1) is 5.41 Å². The van der Waals surface area contributed by atoms with E-state index in [1.807, 2.05) is 6.20 Å². The molecule has 3 heteroatoms. The van der Waals surface area contributed by atoms with E-state index in [0.717, 1.165) is 12.5 Å². The molecule has 3 nitrogen and oxygen atoms in total. The molecule has 1 N–H and O–H groups in total. The molecule has 19 heavy (non-hydrogen) atoms. The zero-order valence-electron chi connectivity index (χ0n) is 12.2. The zero-order chi connectivity index (χ0) is 13.1. The molecule has 0 aliphatic heterocycles. The number of nitrogens with zero attached hydrogens (tertiary/aromatic N) is 2. The lowest BCUT2D eigenvalue weighted by Gasteiger charge is -2.27. The number of hydrogen-bond donors (Lipinski definition) is 1. The lowest BCUT2D eigenvalue weighted by Crippen LogP contribution is -2.25. The van der Waals surface area contributed by atoms with E-state index < -0.39 is 0 Å². The van der Waals surface area contributed by atoms with Gasteiger partial charge in [-0.1, -0.05) is 39.0 Å². The predicted molar refractivity (Wildman–Crippen MR) is 79.4 cm³/mol. The molecule has 2 aliphatic carbocycles. The second-order valence-electron chi connectivity index (χ2n) is 6.82. The summed E-state index contributed by atoms with van der Waals surface area (Å²) in [7, 11) is 0. The first kappa shape index (κ1) is 13.0. The summed E-state index contributed by atoms with van der Waals surface area (Å²) >= 11 is 0. The van der Waals surface area contributed by atoms with Crippen LogP contribution in [0.25, 0.3) is 0 Å². The second kappa shape index (κ2) is 5.56. The molecule has 3 rings (SSSR count). The average Bonchev–Trinajstić information content (AvgIpc) is 3.07. The van der Waals surface area contributed by atoms with Crippen LogP contribution in [0.4, 0.5) is 5.95 Å². The Bertz CT molecular complexity index is 398. The van der Waals surface area contributed by atoms with Gasteiger partial charge in [-0.2, -0.15) is 0 Å². The van der Waals surface area contributed by atoms with E-state index in [2.05, 4.69) is 28.0 Å². The van der Waals surface area contributed by atoms with Gasteiger partial charge in [0.15, 0.2) is 0 Å². The van der Waals surface area contributed by atoms with Gasteiger partial charge in [-0.3, -0.25) is 0 Å². The van der Waals surface area contributed by atoms with Gasteiger partial charge in [-0.15, -0.1) is 0 Å². The molecule has 106 valence electrons. The van der Waals surface area contributed by atoms with Crippen molar-refractivity contribution < 1.29 is 0 Å². The molecule has 2 aliphatic rings. The Morgan fingerprint density at radius 1 is 1.21 bits per heavy atom. The minimum absolute atomic E-state index is 0.489. The number of rotatable bonds is 4. The summed E-state index contributed by atoms with van der Waals surface area (Å²) in [6.07, 6.45) is 16.4. The summed E-state index contributed by atoms with van der Waals surface area (Å²) < 4.78 is 2.39. The molecule has 0 spiro atoms. The summed E-state index contributed by atoms with van der Waals surface area (Å²) in [5.74, 6) is 1.10. The highest BCUT2D eigenvalue weighted by molar-refractivity contribution is 5.27. The van der Waals surface area contributed by atoms with Crippen LogP contribution in [0.15, 0.2) is 12.4 Å². The Morgan fingerprint density at radius 3 is 2.68 bits per heavy atom. The predicted octanol–water partition coefficient (Wildman–Crippen LogP) is 4.38. The Kier molecular flexibility index (Phi) is 3.81. The lowest BCUT2D eigenvalue weighted by atomic mass is 9.89. The molecule has 1 aromatic heterocycles. The molecule has 1 heterocycles. The van der Waals surface area contributed by atoms with Crippen LogP contribution in [0.1, 0.15) is 70.8 Å². The first-order chi connectivity index (χ1) is 9.27. The summed E-state index contributed by atoms with van der Waals surface area (Å²) in [6, 6.07) is 0.676. The molecule has 0 radical (unpaired) electrons. The molecule has 2 saturated carbocycles. The third kappa shape index (κ3) is 2.96. The van der Waals surface area contributed by atoms with Crippen LogP contribution in [0.3, 0.4) is 0 Å². The van der Waals surface area contributed by atoms with Crippen molar-refractivity contribution in [1.82, 2.24) is 9.55 Å². The first-order valence-electron chi connectivity index (χ1n) is 8.04. The number of hydrogen-bond acceptors (Lipinski definition) is 2. The second-order valence-corrected chi connectivity index (χ2v) is 6.82. The third-order valence-electron chi connectivity index (χ3n) is 5.12. The normalized spacial score (nSPS) is 23.6. The number of anilines is 1. The fourth-order valence-corrected chi connectivity index (χ4v) is 3.80. The number of aromatic nitrogens is 2. The van der Waals surface area contributed by atoms with Crippen molar-refractivity contribution in [2.24, 2.45) is 5.41 Å². The summed E-state index contributed by atoms with van der Waals surface area (Å²) in [4.78, 5) is 4.54. The van der Waals surface area contributed by atoms with Crippen LogP contribution >= 0.6 is 0 Å². The van der Waals surface area contributed by atoms with Crippen LogP contribution in [0.5, 0.6) is 0 Å². The molecule has 0 amide bonds. The molecule has 0 bridgehead atoms. The van der Waals surface area contributed by atoms with Crippen molar-refractivity contribution in [3.8, 4) is 0 Å². The topological polar surface area (TPSA) is 29.9 Å². The van der Waals surface area contributed by atoms with Crippen LogP contribution < -0.4 is 5.32 Å². The fourth-order valence-electron chi connectivity index (χ4n) is 3.80. The smallest absolute Gasteiger partial charge is 0.203 e. The Balaban J connectivity index is 1.63. The SMILES string of the molecule is CC1(CNc2nccn2C2CCCCC2)CCCC1. The van der Waals surface area contributed by atoms with Crippen LogP contribution in [-0.4, -0.2) is 16.1 Å². The maximum absolute atomic E-state index is 4.54. The summed E-state index contributed by atoms with van der Waals surface area (Å²) in [5.41, 5.74) is 0.489. The molecular weight excluding hydrogens is 234 g/mol. The van der Waals surface area contributed by atoms with Gasteiger partial charge < -0.3 is 9.88 Å². The molecule has 0 saturated heterocycles. The van der Waals surface area contributed by atoms with Crippen molar-refractivity contribution in [3.05, 3.63) is 12.4 Å². The summed E-state index contributed by atoms with van der Waals surface area (Å²) in [6.45, 7) is 3.50. The van der Waals surface area contributed by atoms with Gasteiger partial charge in [0.2, 0.25) is 5.95 Å². The zero-order valence-corrected chi connectivity index (χ0v) is 12.2. The van der Waals surface area contributed by atoms with E-state index in [4.69, 9.17) is 0 Å². The molecule has 0 unspecified atom stereocenters. The molecule has 2 fully saturated rings. The van der Waals surface area contributed by atoms with Gasteiger partial charge in [0.1, 0.15) is 0 Å². The van der Waals surface area contributed by atoms with Gasteiger partial charge in [-0.05, 0) is 31.1 Å². The quantitative estimate of drug-likeness (QED) is 0.871. The fraction of sp³-hybridized carbons (Fsp3) is 0.812. The highest BCUT2D eigenvalue weighted by Crippen LogP contribution is 2.37. The van der Waals surface area contributed by atoms with Gasteiger partial charge in [0.25, 0.3) is 0 Å². The Morgan fingerprint density at radius 2 is 1.95 bits per heavy atom. The van der Waals surface area contributed by atoms with Gasteiger partial charge in [-0.25, -0.2) is 4.98 Å².